The standard InChI is InChI=1S/C44H24N4O/c1-46-35-22-20-28(25-40(35)47-36-14-6-2-10-30(36)31-11-3-7-15-37(31)47)27-18-19-29(26-45)39(24-27)48-38-16-8-4-12-32(38)33-21-23-42-43(44(33)48)34-13-5-9-17-41(34)49-42/h2-25H. The fraction of sp³-hybridized carbons (Fsp3) is 0. The number of aromatic nitrogens is 2. The number of rotatable bonds is 3. The Labute approximate surface area is 280 Å². The average Bonchev–Trinajstić information content (AvgIpc) is 3.82. The van der Waals surface area contributed by atoms with Gasteiger partial charge in [-0.05, 0) is 65.7 Å². The zero-order chi connectivity index (χ0) is 32.6. The molecule has 0 aliphatic carbocycles. The third-order valence-electron chi connectivity index (χ3n) is 9.78. The Morgan fingerprint density at radius 1 is 0.531 bits per heavy atom. The first kappa shape index (κ1) is 27.1. The Kier molecular flexibility index (Phi) is 5.64. The Morgan fingerprint density at radius 3 is 1.78 bits per heavy atom. The molecule has 3 heterocycles. The van der Waals surface area contributed by atoms with Gasteiger partial charge in [-0.3, -0.25) is 0 Å². The highest BCUT2D eigenvalue weighted by molar-refractivity contribution is 6.24. The summed E-state index contributed by atoms with van der Waals surface area (Å²) in [5.41, 5.74) is 10.4. The molecule has 0 aliphatic rings. The summed E-state index contributed by atoms with van der Waals surface area (Å²) in [4.78, 5) is 3.95. The van der Waals surface area contributed by atoms with E-state index in [4.69, 9.17) is 11.0 Å². The van der Waals surface area contributed by atoms with E-state index in [0.717, 1.165) is 88.1 Å². The van der Waals surface area contributed by atoms with E-state index in [1.807, 2.05) is 66.7 Å². The predicted molar refractivity (Wildman–Crippen MR) is 199 cm³/mol. The quantitative estimate of drug-likeness (QED) is 0.184. The van der Waals surface area contributed by atoms with Crippen molar-refractivity contribution >= 4 is 71.2 Å². The zero-order valence-electron chi connectivity index (χ0n) is 26.1. The van der Waals surface area contributed by atoms with Crippen LogP contribution in [0.25, 0.3) is 92.9 Å². The number of nitrogens with zero attached hydrogens (tertiary/aromatic N) is 4. The Balaban J connectivity index is 1.26. The van der Waals surface area contributed by atoms with Crippen LogP contribution >= 0.6 is 0 Å². The molecule has 0 radical (unpaired) electrons. The normalized spacial score (nSPS) is 11.6. The second kappa shape index (κ2) is 10.2. The van der Waals surface area contributed by atoms with Gasteiger partial charge in [-0.2, -0.15) is 5.26 Å². The van der Waals surface area contributed by atoms with E-state index in [1.54, 1.807) is 0 Å². The summed E-state index contributed by atoms with van der Waals surface area (Å²) in [5.74, 6) is 0. The smallest absolute Gasteiger partial charge is 0.210 e. The third kappa shape index (κ3) is 3.79. The van der Waals surface area contributed by atoms with E-state index in [1.165, 1.54) is 0 Å². The highest BCUT2D eigenvalue weighted by Gasteiger charge is 2.21. The van der Waals surface area contributed by atoms with Crippen LogP contribution in [-0.2, 0) is 0 Å². The molecule has 0 saturated carbocycles. The van der Waals surface area contributed by atoms with Crippen molar-refractivity contribution in [3.63, 3.8) is 0 Å². The lowest BCUT2D eigenvalue weighted by molar-refractivity contribution is 0.669. The topological polar surface area (TPSA) is 51.1 Å². The molecule has 49 heavy (non-hydrogen) atoms. The van der Waals surface area contributed by atoms with Gasteiger partial charge in [0.15, 0.2) is 0 Å². The lowest BCUT2D eigenvalue weighted by Gasteiger charge is -2.15. The molecule has 0 saturated heterocycles. The third-order valence-corrected chi connectivity index (χ3v) is 9.78. The van der Waals surface area contributed by atoms with Crippen molar-refractivity contribution in [2.75, 3.05) is 0 Å². The summed E-state index contributed by atoms with van der Waals surface area (Å²) >= 11 is 0. The lowest BCUT2D eigenvalue weighted by Crippen LogP contribution is -1.99. The molecule has 0 amide bonds. The SMILES string of the molecule is [C-]#[N+]c1ccc(-c2ccc(C#N)c(-n3c4ccccc4c4ccc5oc6ccccc6c5c43)c2)cc1-n1c2ccccc2c2ccccc21. The van der Waals surface area contributed by atoms with Crippen molar-refractivity contribution in [2.45, 2.75) is 0 Å². The molecule has 0 atom stereocenters. The second-order valence-electron chi connectivity index (χ2n) is 12.3. The molecule has 5 nitrogen and oxygen atoms in total. The number of fused-ring (bicyclic) bond motifs is 10. The van der Waals surface area contributed by atoms with Crippen molar-refractivity contribution in [1.29, 1.82) is 5.26 Å². The fourth-order valence-electron chi connectivity index (χ4n) is 7.66. The van der Waals surface area contributed by atoms with Gasteiger partial charge < -0.3 is 13.6 Å². The molecule has 3 aromatic heterocycles. The molecule has 0 spiro atoms. The van der Waals surface area contributed by atoms with Gasteiger partial charge >= 0.3 is 0 Å². The predicted octanol–water partition coefficient (Wildman–Crippen LogP) is 11.9. The molecule has 10 rings (SSSR count). The number of hydrogen-bond donors (Lipinski definition) is 0. The monoisotopic (exact) mass is 624 g/mol. The highest BCUT2D eigenvalue weighted by atomic mass is 16.3. The largest absolute Gasteiger partial charge is 0.456 e. The number of para-hydroxylation sites is 4. The van der Waals surface area contributed by atoms with Crippen LogP contribution in [-0.4, -0.2) is 9.13 Å². The van der Waals surface area contributed by atoms with E-state index in [9.17, 15) is 5.26 Å². The first-order valence-corrected chi connectivity index (χ1v) is 16.1. The van der Waals surface area contributed by atoms with Crippen LogP contribution in [0, 0.1) is 17.9 Å². The number of furan rings is 1. The van der Waals surface area contributed by atoms with Crippen LogP contribution in [0.2, 0.25) is 0 Å². The van der Waals surface area contributed by atoms with Crippen LogP contribution in [0.3, 0.4) is 0 Å². The molecule has 0 unspecified atom stereocenters. The molecule has 5 heteroatoms. The summed E-state index contributed by atoms with van der Waals surface area (Å²) < 4.78 is 10.7. The van der Waals surface area contributed by atoms with Crippen LogP contribution in [0.5, 0.6) is 0 Å². The van der Waals surface area contributed by atoms with Gasteiger partial charge in [0.25, 0.3) is 0 Å². The van der Waals surface area contributed by atoms with E-state index in [-0.39, 0.29) is 0 Å². The van der Waals surface area contributed by atoms with Crippen LogP contribution in [0.1, 0.15) is 5.56 Å². The lowest BCUT2D eigenvalue weighted by atomic mass is 10.0. The minimum Gasteiger partial charge on any atom is -0.456 e. The molecule has 226 valence electrons. The van der Waals surface area contributed by atoms with Gasteiger partial charge in [0.2, 0.25) is 5.69 Å². The van der Waals surface area contributed by atoms with Gasteiger partial charge in [0, 0.05) is 26.9 Å². The van der Waals surface area contributed by atoms with Gasteiger partial charge in [-0.25, -0.2) is 4.85 Å². The Bertz CT molecular complexity index is 3030. The Morgan fingerprint density at radius 2 is 1.10 bits per heavy atom. The van der Waals surface area contributed by atoms with Gasteiger partial charge in [0.05, 0.1) is 51.0 Å². The number of hydrogen-bond acceptors (Lipinski definition) is 2. The van der Waals surface area contributed by atoms with Gasteiger partial charge in [-0.1, -0.05) is 91.0 Å². The fourth-order valence-corrected chi connectivity index (χ4v) is 7.66. The second-order valence-corrected chi connectivity index (χ2v) is 12.3. The van der Waals surface area contributed by atoms with Crippen LogP contribution in [0.4, 0.5) is 5.69 Å². The van der Waals surface area contributed by atoms with Gasteiger partial charge in [-0.15, -0.1) is 0 Å². The summed E-state index contributed by atoms with van der Waals surface area (Å²) in [7, 11) is 0. The highest BCUT2D eigenvalue weighted by Crippen LogP contribution is 2.43. The number of benzene rings is 7. The maximum absolute atomic E-state index is 10.5. The van der Waals surface area contributed by atoms with Crippen molar-refractivity contribution in [2.24, 2.45) is 0 Å². The molecular formula is C44H24N4O. The van der Waals surface area contributed by atoms with E-state index < -0.39 is 0 Å². The van der Waals surface area contributed by atoms with Crippen molar-refractivity contribution in [3.05, 3.63) is 163 Å². The average molecular weight is 625 g/mol. The van der Waals surface area contributed by atoms with E-state index in [0.29, 0.717) is 11.3 Å². The Hall–Kier alpha value is -7.08. The summed E-state index contributed by atoms with van der Waals surface area (Å²) in [6, 6.07) is 51.8. The first-order chi connectivity index (χ1) is 24.2. The molecule has 0 N–H and O–H groups in total. The minimum absolute atomic E-state index is 0.566. The maximum Gasteiger partial charge on any atom is 0.210 e. The minimum atomic E-state index is 0.566. The van der Waals surface area contributed by atoms with Crippen LogP contribution < -0.4 is 0 Å². The molecule has 0 fully saturated rings. The van der Waals surface area contributed by atoms with Crippen molar-refractivity contribution in [1.82, 2.24) is 9.13 Å². The van der Waals surface area contributed by atoms with Crippen molar-refractivity contribution < 1.29 is 4.42 Å². The van der Waals surface area contributed by atoms with Crippen LogP contribution in [0.15, 0.2) is 150 Å². The first-order valence-electron chi connectivity index (χ1n) is 16.1. The molecule has 0 bridgehead atoms. The zero-order valence-corrected chi connectivity index (χ0v) is 26.1. The maximum atomic E-state index is 10.5. The van der Waals surface area contributed by atoms with Gasteiger partial charge in [0.1, 0.15) is 17.2 Å². The molecule has 7 aromatic carbocycles. The molecular weight excluding hydrogens is 601 g/mol. The summed E-state index contributed by atoms with van der Waals surface area (Å²) in [6.07, 6.45) is 0. The summed E-state index contributed by atoms with van der Waals surface area (Å²) in [6.45, 7) is 8.09. The molecule has 0 aliphatic heterocycles. The van der Waals surface area contributed by atoms with E-state index >= 15 is 0 Å². The van der Waals surface area contributed by atoms with Crippen molar-refractivity contribution in [3.8, 4) is 28.6 Å². The molecule has 10 aromatic rings. The van der Waals surface area contributed by atoms with E-state index in [2.05, 4.69) is 98.9 Å². The summed E-state index contributed by atoms with van der Waals surface area (Å²) in [5, 5.41) is 17.0. The number of nitriles is 1.